The maximum absolute atomic E-state index is 2.52. The van der Waals surface area contributed by atoms with Gasteiger partial charge < -0.3 is 4.57 Å². The smallest absolute Gasteiger partial charge is 0.0547 e. The molecule has 5 aromatic carbocycles. The van der Waals surface area contributed by atoms with Gasteiger partial charge in [-0.05, 0) is 69.6 Å². The lowest BCUT2D eigenvalue weighted by Crippen LogP contribution is -2.35. The Morgan fingerprint density at radius 3 is 2.45 bits per heavy atom. The van der Waals surface area contributed by atoms with Gasteiger partial charge in [0.25, 0.3) is 0 Å². The maximum Gasteiger partial charge on any atom is 0.0547 e. The highest BCUT2D eigenvalue weighted by molar-refractivity contribution is 7.26. The first-order valence-corrected chi connectivity index (χ1v) is 15.5. The predicted octanol–water partition coefficient (Wildman–Crippen LogP) is 9.25. The molecule has 0 aliphatic heterocycles. The fraction of sp³-hybridized carbons (Fsp3) is 0.0500. The number of hydrogen-bond donors (Lipinski definition) is 0. The van der Waals surface area contributed by atoms with Crippen molar-refractivity contribution in [2.75, 3.05) is 0 Å². The molecule has 0 spiro atoms. The zero-order valence-electron chi connectivity index (χ0n) is 22.8. The number of benzene rings is 5. The third-order valence-corrected chi connectivity index (χ3v) is 10.7. The zero-order valence-corrected chi connectivity index (χ0v) is 23.7. The standard InChI is InChI=1S/C40H25NS/c1-2-13-29-28(12-1)31-16-6-9-24-21-22-35-39(37(24)31)38-32(29)17-8-19-34(38)41(35)26-11-5-10-25(23-26)27-15-7-18-33-30-14-3-4-20-36(30)42-40(27)33/h1-20,22-24H,21H2. The van der Waals surface area contributed by atoms with Gasteiger partial charge >= 0.3 is 0 Å². The SMILES string of the molecule is C1=CC2CC=c3c4c5c(cccc5n3-c3cccc(-c5cccc6c5sc5ccccc56)c3)-c3ccccc3C(=C1)C=42. The van der Waals surface area contributed by atoms with Gasteiger partial charge in [-0.3, -0.25) is 0 Å². The third kappa shape index (κ3) is 2.92. The van der Waals surface area contributed by atoms with E-state index in [-0.39, 0.29) is 0 Å². The van der Waals surface area contributed by atoms with Crippen molar-refractivity contribution in [2.24, 2.45) is 5.92 Å². The molecule has 0 radical (unpaired) electrons. The van der Waals surface area contributed by atoms with Crippen molar-refractivity contribution in [2.45, 2.75) is 6.42 Å². The molecular weight excluding hydrogens is 527 g/mol. The number of hydrogen-bond acceptors (Lipinski definition) is 1. The minimum atomic E-state index is 0.410. The molecule has 2 heteroatoms. The van der Waals surface area contributed by atoms with Crippen LogP contribution in [0.4, 0.5) is 0 Å². The molecule has 2 heterocycles. The molecule has 1 nitrogen and oxygen atoms in total. The number of aromatic nitrogens is 1. The van der Waals surface area contributed by atoms with Crippen LogP contribution in [0.3, 0.4) is 0 Å². The van der Waals surface area contributed by atoms with Crippen LogP contribution in [0.1, 0.15) is 12.0 Å². The zero-order chi connectivity index (χ0) is 27.4. The van der Waals surface area contributed by atoms with Crippen LogP contribution in [0.15, 0.2) is 127 Å². The summed E-state index contributed by atoms with van der Waals surface area (Å²) in [6.45, 7) is 0. The van der Waals surface area contributed by atoms with Crippen LogP contribution < -0.4 is 10.6 Å². The Hall–Kier alpha value is -4.92. The summed E-state index contributed by atoms with van der Waals surface area (Å²) in [4.78, 5) is 0. The quantitative estimate of drug-likeness (QED) is 0.202. The van der Waals surface area contributed by atoms with Crippen LogP contribution in [0, 0.1) is 5.92 Å². The molecule has 10 rings (SSSR count). The average Bonchev–Trinajstić information content (AvgIpc) is 3.57. The van der Waals surface area contributed by atoms with E-state index in [1.807, 2.05) is 11.3 Å². The third-order valence-electron chi connectivity index (χ3n) is 9.46. The lowest BCUT2D eigenvalue weighted by Gasteiger charge is -2.25. The van der Waals surface area contributed by atoms with E-state index in [4.69, 9.17) is 0 Å². The number of nitrogens with zero attached hydrogens (tertiary/aromatic N) is 1. The van der Waals surface area contributed by atoms with Gasteiger partial charge in [0.05, 0.1) is 10.9 Å². The van der Waals surface area contributed by atoms with Gasteiger partial charge in [0, 0.05) is 42.4 Å². The van der Waals surface area contributed by atoms with Gasteiger partial charge in [-0.2, -0.15) is 0 Å². The van der Waals surface area contributed by atoms with Crippen molar-refractivity contribution in [3.05, 3.63) is 144 Å². The van der Waals surface area contributed by atoms with E-state index in [0.29, 0.717) is 5.92 Å². The largest absolute Gasteiger partial charge is 0.310 e. The van der Waals surface area contributed by atoms with E-state index in [2.05, 4.69) is 138 Å². The van der Waals surface area contributed by atoms with Crippen molar-refractivity contribution >= 4 is 59.6 Å². The number of thiophene rings is 1. The maximum atomic E-state index is 2.52. The van der Waals surface area contributed by atoms with Crippen molar-refractivity contribution in [3.8, 4) is 27.9 Å². The Kier molecular flexibility index (Phi) is 4.50. The topological polar surface area (TPSA) is 4.93 Å². The fourth-order valence-corrected chi connectivity index (χ4v) is 8.97. The first-order valence-electron chi connectivity index (χ1n) is 14.7. The number of allylic oxidation sites excluding steroid dienone is 4. The first kappa shape index (κ1) is 22.7. The lowest BCUT2D eigenvalue weighted by molar-refractivity contribution is 0.857. The monoisotopic (exact) mass is 551 g/mol. The lowest BCUT2D eigenvalue weighted by atomic mass is 9.79. The van der Waals surface area contributed by atoms with Crippen LogP contribution in [0.2, 0.25) is 0 Å². The number of fused-ring (bicyclic) bond motifs is 6. The van der Waals surface area contributed by atoms with E-state index >= 15 is 0 Å². The summed E-state index contributed by atoms with van der Waals surface area (Å²) in [5, 5.41) is 6.81. The summed E-state index contributed by atoms with van der Waals surface area (Å²) < 4.78 is 5.23. The Bertz CT molecular complexity index is 2500. The van der Waals surface area contributed by atoms with Gasteiger partial charge in [0.1, 0.15) is 0 Å². The molecule has 3 aliphatic carbocycles. The highest BCUT2D eigenvalue weighted by Crippen LogP contribution is 2.45. The minimum Gasteiger partial charge on any atom is -0.310 e. The highest BCUT2D eigenvalue weighted by Gasteiger charge is 2.30. The molecule has 0 fully saturated rings. The molecule has 0 saturated carbocycles. The first-order chi connectivity index (χ1) is 20.8. The Morgan fingerprint density at radius 1 is 0.690 bits per heavy atom. The second-order valence-electron chi connectivity index (χ2n) is 11.6. The van der Waals surface area contributed by atoms with Gasteiger partial charge in [-0.15, -0.1) is 11.3 Å². The van der Waals surface area contributed by atoms with Crippen molar-refractivity contribution in [3.63, 3.8) is 0 Å². The van der Waals surface area contributed by atoms with E-state index in [9.17, 15) is 0 Å². The summed E-state index contributed by atoms with van der Waals surface area (Å²) >= 11 is 1.90. The number of rotatable bonds is 2. The molecular formula is C40H25NS. The minimum absolute atomic E-state index is 0.410. The molecule has 2 aromatic heterocycles. The molecule has 3 aliphatic rings. The summed E-state index contributed by atoms with van der Waals surface area (Å²) in [6.07, 6.45) is 10.5. The van der Waals surface area contributed by atoms with Gasteiger partial charge in [-0.25, -0.2) is 0 Å². The van der Waals surface area contributed by atoms with Crippen LogP contribution in [0.25, 0.3) is 76.2 Å². The fourth-order valence-electron chi connectivity index (χ4n) is 7.73. The average molecular weight is 552 g/mol. The van der Waals surface area contributed by atoms with E-state index in [1.54, 1.807) is 0 Å². The summed E-state index contributed by atoms with van der Waals surface area (Å²) in [5.74, 6) is 0.410. The van der Waals surface area contributed by atoms with Gasteiger partial charge in [0.2, 0.25) is 0 Å². The van der Waals surface area contributed by atoms with Crippen molar-refractivity contribution in [1.82, 2.24) is 4.57 Å². The van der Waals surface area contributed by atoms with Crippen LogP contribution >= 0.6 is 11.3 Å². The highest BCUT2D eigenvalue weighted by atomic mass is 32.1. The molecule has 1 atom stereocenters. The molecule has 42 heavy (non-hydrogen) atoms. The van der Waals surface area contributed by atoms with Crippen LogP contribution in [-0.4, -0.2) is 4.57 Å². The Morgan fingerprint density at radius 2 is 1.48 bits per heavy atom. The molecule has 0 saturated heterocycles. The molecule has 0 bridgehead atoms. The van der Waals surface area contributed by atoms with Crippen LogP contribution in [0.5, 0.6) is 0 Å². The van der Waals surface area contributed by atoms with Gasteiger partial charge in [0.15, 0.2) is 0 Å². The van der Waals surface area contributed by atoms with Crippen molar-refractivity contribution in [1.29, 1.82) is 0 Å². The summed E-state index contributed by atoms with van der Waals surface area (Å²) in [6, 6.07) is 40.5. The predicted molar refractivity (Wildman–Crippen MR) is 179 cm³/mol. The van der Waals surface area contributed by atoms with E-state index in [0.717, 1.165) is 6.42 Å². The van der Waals surface area contributed by atoms with E-state index in [1.165, 1.54) is 86.3 Å². The normalized spacial score (nSPS) is 16.4. The molecule has 196 valence electrons. The molecule has 0 amide bonds. The summed E-state index contributed by atoms with van der Waals surface area (Å²) in [7, 11) is 0. The molecule has 7 aromatic rings. The molecule has 1 unspecified atom stereocenters. The van der Waals surface area contributed by atoms with Crippen molar-refractivity contribution < 1.29 is 0 Å². The Balaban J connectivity index is 1.29. The van der Waals surface area contributed by atoms with Crippen LogP contribution in [-0.2, 0) is 0 Å². The van der Waals surface area contributed by atoms with E-state index < -0.39 is 0 Å². The second-order valence-corrected chi connectivity index (χ2v) is 12.6. The Labute approximate surface area is 247 Å². The van der Waals surface area contributed by atoms with Gasteiger partial charge in [-0.1, -0.05) is 109 Å². The molecule has 0 N–H and O–H groups in total. The second kappa shape index (κ2) is 8.31. The summed E-state index contributed by atoms with van der Waals surface area (Å²) in [5.41, 5.74) is 11.9.